The Kier molecular flexibility index (Phi) is 4.87. The molecular weight excluding hydrogens is 234 g/mol. The second-order valence-corrected chi connectivity index (χ2v) is 6.19. The Bertz CT molecular complexity index is 375. The van der Waals surface area contributed by atoms with Gasteiger partial charge in [-0.05, 0) is 48.8 Å². The Balaban J connectivity index is 1.99. The van der Waals surface area contributed by atoms with Crippen molar-refractivity contribution < 1.29 is 4.74 Å². The fraction of sp³-hybridized carbons (Fsp3) is 0.647. The molecule has 0 aliphatic heterocycles. The van der Waals surface area contributed by atoms with Crippen molar-refractivity contribution in [1.29, 1.82) is 0 Å². The minimum absolute atomic E-state index is 0.160. The van der Waals surface area contributed by atoms with Gasteiger partial charge < -0.3 is 10.5 Å². The van der Waals surface area contributed by atoms with E-state index in [0.717, 1.165) is 24.5 Å². The molecule has 0 aromatic heterocycles. The van der Waals surface area contributed by atoms with E-state index in [9.17, 15) is 0 Å². The number of rotatable bonds is 4. The van der Waals surface area contributed by atoms with E-state index >= 15 is 0 Å². The summed E-state index contributed by atoms with van der Waals surface area (Å²) in [5, 5.41) is 0. The average molecular weight is 261 g/mol. The number of ether oxygens (including phenoxy) is 1. The van der Waals surface area contributed by atoms with Crippen LogP contribution < -0.4 is 10.5 Å². The van der Waals surface area contributed by atoms with Gasteiger partial charge >= 0.3 is 0 Å². The maximum atomic E-state index is 6.26. The number of hydrogen-bond donors (Lipinski definition) is 1. The van der Waals surface area contributed by atoms with Gasteiger partial charge in [0.1, 0.15) is 11.9 Å². The summed E-state index contributed by atoms with van der Waals surface area (Å²) in [4.78, 5) is 0. The Morgan fingerprint density at radius 1 is 1.16 bits per heavy atom. The van der Waals surface area contributed by atoms with Gasteiger partial charge in [-0.15, -0.1) is 0 Å². The predicted octanol–water partition coefficient (Wildman–Crippen LogP) is 3.78. The highest BCUT2D eigenvalue weighted by molar-refractivity contribution is 5.27. The van der Waals surface area contributed by atoms with Crippen LogP contribution in [0, 0.1) is 11.8 Å². The molecule has 1 aliphatic carbocycles. The van der Waals surface area contributed by atoms with Crippen LogP contribution in [0.5, 0.6) is 5.75 Å². The van der Waals surface area contributed by atoms with E-state index < -0.39 is 0 Å². The zero-order chi connectivity index (χ0) is 13.8. The van der Waals surface area contributed by atoms with Gasteiger partial charge in [0, 0.05) is 6.04 Å². The van der Waals surface area contributed by atoms with Crippen molar-refractivity contribution >= 4 is 0 Å². The van der Waals surface area contributed by atoms with E-state index in [1.165, 1.54) is 18.4 Å². The molecule has 1 fully saturated rings. The molecule has 1 aromatic rings. The molecule has 4 atom stereocenters. The topological polar surface area (TPSA) is 35.2 Å². The van der Waals surface area contributed by atoms with E-state index in [-0.39, 0.29) is 12.1 Å². The van der Waals surface area contributed by atoms with Gasteiger partial charge in [-0.1, -0.05) is 39.3 Å². The van der Waals surface area contributed by atoms with Gasteiger partial charge in [-0.2, -0.15) is 0 Å². The van der Waals surface area contributed by atoms with Crippen molar-refractivity contribution in [3.8, 4) is 5.75 Å². The summed E-state index contributed by atoms with van der Waals surface area (Å²) in [6.07, 6.45) is 4.77. The lowest BCUT2D eigenvalue weighted by Crippen LogP contribution is -2.48. The fourth-order valence-electron chi connectivity index (χ4n) is 3.27. The van der Waals surface area contributed by atoms with Gasteiger partial charge in [0.2, 0.25) is 0 Å². The van der Waals surface area contributed by atoms with E-state index in [2.05, 4.69) is 45.0 Å². The highest BCUT2D eigenvalue weighted by Crippen LogP contribution is 2.31. The van der Waals surface area contributed by atoms with Crippen LogP contribution in [0.1, 0.15) is 45.6 Å². The molecule has 2 nitrogen and oxygen atoms in total. The maximum absolute atomic E-state index is 6.26. The van der Waals surface area contributed by atoms with Crippen molar-refractivity contribution in [2.45, 2.75) is 58.6 Å². The molecule has 1 aliphatic rings. The lowest BCUT2D eigenvalue weighted by Gasteiger charge is -2.37. The predicted molar refractivity (Wildman–Crippen MR) is 80.4 cm³/mol. The standard InChI is InChI=1S/C17H27NO/c1-4-5-14-6-8-15(9-7-14)19-17-13(3)10-12(2)11-16(17)18/h6-9,12-13,16-17H,4-5,10-11,18H2,1-3H3. The molecule has 2 heteroatoms. The molecule has 0 radical (unpaired) electrons. The van der Waals surface area contributed by atoms with Gasteiger partial charge in [-0.3, -0.25) is 0 Å². The zero-order valence-electron chi connectivity index (χ0n) is 12.4. The highest BCUT2D eigenvalue weighted by atomic mass is 16.5. The molecule has 4 unspecified atom stereocenters. The van der Waals surface area contributed by atoms with Gasteiger partial charge in [0.05, 0.1) is 0 Å². The van der Waals surface area contributed by atoms with Gasteiger partial charge in [0.15, 0.2) is 0 Å². The zero-order valence-corrected chi connectivity index (χ0v) is 12.4. The maximum Gasteiger partial charge on any atom is 0.119 e. The third-order valence-corrected chi connectivity index (χ3v) is 4.17. The van der Waals surface area contributed by atoms with E-state index in [1.807, 2.05) is 0 Å². The average Bonchev–Trinajstić information content (AvgIpc) is 2.36. The van der Waals surface area contributed by atoms with Gasteiger partial charge in [0.25, 0.3) is 0 Å². The molecule has 0 spiro atoms. The second kappa shape index (κ2) is 6.42. The molecule has 2 rings (SSSR count). The Labute approximate surface area is 117 Å². The van der Waals surface area contributed by atoms with Crippen LogP contribution in [-0.4, -0.2) is 12.1 Å². The third kappa shape index (κ3) is 3.73. The van der Waals surface area contributed by atoms with Crippen LogP contribution in [0.25, 0.3) is 0 Å². The SMILES string of the molecule is CCCc1ccc(OC2C(C)CC(C)CC2N)cc1. The first-order valence-corrected chi connectivity index (χ1v) is 7.61. The lowest BCUT2D eigenvalue weighted by molar-refractivity contribution is 0.0626. The van der Waals surface area contributed by atoms with Crippen LogP contribution in [0.3, 0.4) is 0 Å². The Morgan fingerprint density at radius 2 is 1.84 bits per heavy atom. The quantitative estimate of drug-likeness (QED) is 0.895. The first kappa shape index (κ1) is 14.4. The molecule has 0 bridgehead atoms. The van der Waals surface area contributed by atoms with Crippen LogP contribution in [-0.2, 0) is 6.42 Å². The van der Waals surface area contributed by atoms with Crippen LogP contribution in [0.4, 0.5) is 0 Å². The van der Waals surface area contributed by atoms with Crippen molar-refractivity contribution in [2.75, 3.05) is 0 Å². The molecule has 0 heterocycles. The van der Waals surface area contributed by atoms with Gasteiger partial charge in [-0.25, -0.2) is 0 Å². The number of hydrogen-bond acceptors (Lipinski definition) is 2. The second-order valence-electron chi connectivity index (χ2n) is 6.19. The summed E-state index contributed by atoms with van der Waals surface area (Å²) in [5.41, 5.74) is 7.64. The molecule has 1 saturated carbocycles. The summed E-state index contributed by atoms with van der Waals surface area (Å²) in [5.74, 6) is 2.22. The fourth-order valence-corrected chi connectivity index (χ4v) is 3.27. The first-order valence-electron chi connectivity index (χ1n) is 7.61. The lowest BCUT2D eigenvalue weighted by atomic mass is 9.78. The molecular formula is C17H27NO. The highest BCUT2D eigenvalue weighted by Gasteiger charge is 2.33. The third-order valence-electron chi connectivity index (χ3n) is 4.17. The van der Waals surface area contributed by atoms with E-state index in [4.69, 9.17) is 10.5 Å². The Morgan fingerprint density at radius 3 is 2.42 bits per heavy atom. The van der Waals surface area contributed by atoms with E-state index in [1.54, 1.807) is 0 Å². The Hall–Kier alpha value is -1.02. The molecule has 2 N–H and O–H groups in total. The molecule has 106 valence electrons. The summed E-state index contributed by atoms with van der Waals surface area (Å²) < 4.78 is 6.14. The monoisotopic (exact) mass is 261 g/mol. The summed E-state index contributed by atoms with van der Waals surface area (Å²) in [6, 6.07) is 8.67. The number of benzene rings is 1. The van der Waals surface area contributed by atoms with Crippen molar-refractivity contribution in [1.82, 2.24) is 0 Å². The number of aryl methyl sites for hydroxylation is 1. The van der Waals surface area contributed by atoms with Crippen molar-refractivity contribution in [3.05, 3.63) is 29.8 Å². The van der Waals surface area contributed by atoms with Crippen molar-refractivity contribution in [2.24, 2.45) is 17.6 Å². The van der Waals surface area contributed by atoms with E-state index in [0.29, 0.717) is 5.92 Å². The molecule has 19 heavy (non-hydrogen) atoms. The van der Waals surface area contributed by atoms with Crippen LogP contribution in [0.2, 0.25) is 0 Å². The number of nitrogens with two attached hydrogens (primary N) is 1. The smallest absolute Gasteiger partial charge is 0.119 e. The minimum Gasteiger partial charge on any atom is -0.489 e. The minimum atomic E-state index is 0.160. The largest absolute Gasteiger partial charge is 0.489 e. The molecule has 1 aromatic carbocycles. The summed E-state index contributed by atoms with van der Waals surface area (Å²) in [6.45, 7) is 6.74. The van der Waals surface area contributed by atoms with Crippen molar-refractivity contribution in [3.63, 3.8) is 0 Å². The summed E-state index contributed by atoms with van der Waals surface area (Å²) >= 11 is 0. The summed E-state index contributed by atoms with van der Waals surface area (Å²) in [7, 11) is 0. The molecule has 0 amide bonds. The first-order chi connectivity index (χ1) is 9.10. The van der Waals surface area contributed by atoms with Crippen LogP contribution >= 0.6 is 0 Å². The molecule has 0 saturated heterocycles. The van der Waals surface area contributed by atoms with Crippen LogP contribution in [0.15, 0.2) is 24.3 Å². The normalized spacial score (nSPS) is 31.2.